The first-order valence-electron chi connectivity index (χ1n) is 8.16. The lowest BCUT2D eigenvalue weighted by Crippen LogP contribution is -2.35. The van der Waals surface area contributed by atoms with Gasteiger partial charge in [0.1, 0.15) is 0 Å². The Labute approximate surface area is 126 Å². The lowest BCUT2D eigenvalue weighted by atomic mass is 9.89. The molecule has 0 heterocycles. The fraction of sp³-hybridized carbons (Fsp3) is 0.938. The van der Waals surface area contributed by atoms with Crippen molar-refractivity contribution in [3.8, 4) is 0 Å². The predicted octanol–water partition coefficient (Wildman–Crippen LogP) is 4.42. The zero-order valence-electron chi connectivity index (χ0n) is 12.0. The summed E-state index contributed by atoms with van der Waals surface area (Å²) in [6.07, 6.45) is 13.9. The van der Waals surface area contributed by atoms with Crippen molar-refractivity contribution >= 4 is 21.8 Å². The molecule has 19 heavy (non-hydrogen) atoms. The van der Waals surface area contributed by atoms with Gasteiger partial charge in [0.25, 0.3) is 0 Å². The standard InChI is InChI=1S/C16H28BrNO/c17-15-10-6-5-9-14(15)12-18-16(19)11-13-7-3-1-2-4-8-13/h13-15H,1-12H2,(H,18,19). The molecule has 2 aliphatic rings. The minimum atomic E-state index is 0.289. The zero-order valence-corrected chi connectivity index (χ0v) is 13.6. The van der Waals surface area contributed by atoms with Gasteiger partial charge in [-0.05, 0) is 37.5 Å². The number of carbonyl (C=O) groups is 1. The van der Waals surface area contributed by atoms with Gasteiger partial charge in [-0.2, -0.15) is 0 Å². The fourth-order valence-electron chi connectivity index (χ4n) is 3.54. The number of carbonyl (C=O) groups excluding carboxylic acids is 1. The molecule has 0 bridgehead atoms. The molecule has 0 aliphatic heterocycles. The van der Waals surface area contributed by atoms with Gasteiger partial charge < -0.3 is 5.32 Å². The number of halogens is 1. The summed E-state index contributed by atoms with van der Waals surface area (Å²) < 4.78 is 0. The van der Waals surface area contributed by atoms with Gasteiger partial charge in [0.2, 0.25) is 5.91 Å². The predicted molar refractivity (Wildman–Crippen MR) is 83.5 cm³/mol. The summed E-state index contributed by atoms with van der Waals surface area (Å²) in [5.41, 5.74) is 0. The molecule has 0 radical (unpaired) electrons. The van der Waals surface area contributed by atoms with E-state index in [1.807, 2.05) is 0 Å². The van der Waals surface area contributed by atoms with Gasteiger partial charge in [-0.1, -0.05) is 54.5 Å². The van der Waals surface area contributed by atoms with E-state index in [1.54, 1.807) is 0 Å². The SMILES string of the molecule is O=C(CC1CCCCCC1)NCC1CCCCC1Br. The monoisotopic (exact) mass is 329 g/mol. The van der Waals surface area contributed by atoms with Gasteiger partial charge in [-0.15, -0.1) is 0 Å². The van der Waals surface area contributed by atoms with E-state index in [0.717, 1.165) is 13.0 Å². The molecule has 2 saturated carbocycles. The van der Waals surface area contributed by atoms with E-state index in [0.29, 0.717) is 16.7 Å². The Balaban J connectivity index is 1.65. The Morgan fingerprint density at radius 2 is 1.58 bits per heavy atom. The number of nitrogens with one attached hydrogen (secondary N) is 1. The minimum absolute atomic E-state index is 0.289. The summed E-state index contributed by atoms with van der Waals surface area (Å²) in [5.74, 6) is 1.58. The van der Waals surface area contributed by atoms with Gasteiger partial charge in [0, 0.05) is 17.8 Å². The van der Waals surface area contributed by atoms with Crippen LogP contribution in [-0.2, 0) is 4.79 Å². The summed E-state index contributed by atoms with van der Waals surface area (Å²) >= 11 is 3.76. The van der Waals surface area contributed by atoms with E-state index < -0.39 is 0 Å². The maximum atomic E-state index is 12.0. The van der Waals surface area contributed by atoms with E-state index in [1.165, 1.54) is 64.2 Å². The average Bonchev–Trinajstić information content (AvgIpc) is 2.66. The van der Waals surface area contributed by atoms with E-state index in [2.05, 4.69) is 21.2 Å². The summed E-state index contributed by atoms with van der Waals surface area (Å²) in [6.45, 7) is 0.876. The summed E-state index contributed by atoms with van der Waals surface area (Å²) in [5, 5.41) is 3.18. The minimum Gasteiger partial charge on any atom is -0.356 e. The van der Waals surface area contributed by atoms with Crippen molar-refractivity contribution in [2.24, 2.45) is 11.8 Å². The molecule has 0 aromatic heterocycles. The van der Waals surface area contributed by atoms with E-state index in [-0.39, 0.29) is 5.91 Å². The molecular formula is C16H28BrNO. The number of alkyl halides is 1. The van der Waals surface area contributed by atoms with Crippen LogP contribution < -0.4 is 5.32 Å². The summed E-state index contributed by atoms with van der Waals surface area (Å²) in [7, 11) is 0. The molecule has 2 aliphatic carbocycles. The van der Waals surface area contributed by atoms with Crippen molar-refractivity contribution in [3.63, 3.8) is 0 Å². The van der Waals surface area contributed by atoms with Crippen LogP contribution in [-0.4, -0.2) is 17.3 Å². The molecule has 1 amide bonds. The third kappa shape index (κ3) is 5.45. The Hall–Kier alpha value is -0.0500. The molecule has 0 aromatic carbocycles. The molecule has 1 N–H and O–H groups in total. The Morgan fingerprint density at radius 3 is 2.26 bits per heavy atom. The first-order chi connectivity index (χ1) is 9.25. The van der Waals surface area contributed by atoms with Crippen LogP contribution in [0.4, 0.5) is 0 Å². The van der Waals surface area contributed by atoms with Crippen molar-refractivity contribution < 1.29 is 4.79 Å². The Morgan fingerprint density at radius 1 is 0.947 bits per heavy atom. The highest BCUT2D eigenvalue weighted by molar-refractivity contribution is 9.09. The fourth-order valence-corrected chi connectivity index (χ4v) is 4.31. The quantitative estimate of drug-likeness (QED) is 0.600. The first kappa shape index (κ1) is 15.3. The van der Waals surface area contributed by atoms with Crippen LogP contribution in [0.15, 0.2) is 0 Å². The van der Waals surface area contributed by atoms with Crippen molar-refractivity contribution in [2.45, 2.75) is 75.5 Å². The van der Waals surface area contributed by atoms with Gasteiger partial charge in [0.15, 0.2) is 0 Å². The van der Waals surface area contributed by atoms with E-state index in [4.69, 9.17) is 0 Å². The van der Waals surface area contributed by atoms with E-state index in [9.17, 15) is 4.79 Å². The summed E-state index contributed by atoms with van der Waals surface area (Å²) in [6, 6.07) is 0. The van der Waals surface area contributed by atoms with Gasteiger partial charge in [0.05, 0.1) is 0 Å². The molecule has 0 aromatic rings. The lowest BCUT2D eigenvalue weighted by Gasteiger charge is -2.27. The van der Waals surface area contributed by atoms with Crippen molar-refractivity contribution in [2.75, 3.05) is 6.54 Å². The second-order valence-corrected chi connectivity index (χ2v) is 7.60. The number of amides is 1. The summed E-state index contributed by atoms with van der Waals surface area (Å²) in [4.78, 5) is 12.7. The average molecular weight is 330 g/mol. The van der Waals surface area contributed by atoms with Crippen molar-refractivity contribution in [3.05, 3.63) is 0 Å². The third-order valence-corrected chi connectivity index (χ3v) is 6.03. The smallest absolute Gasteiger partial charge is 0.220 e. The first-order valence-corrected chi connectivity index (χ1v) is 9.08. The van der Waals surface area contributed by atoms with Crippen LogP contribution in [0.1, 0.15) is 70.6 Å². The Kier molecular flexibility index (Phi) is 6.69. The highest BCUT2D eigenvalue weighted by atomic mass is 79.9. The van der Waals surface area contributed by atoms with Crippen LogP contribution in [0.25, 0.3) is 0 Å². The highest BCUT2D eigenvalue weighted by Gasteiger charge is 2.23. The maximum Gasteiger partial charge on any atom is 0.220 e. The van der Waals surface area contributed by atoms with E-state index >= 15 is 0 Å². The molecule has 3 heteroatoms. The van der Waals surface area contributed by atoms with Gasteiger partial charge >= 0.3 is 0 Å². The largest absolute Gasteiger partial charge is 0.356 e. The lowest BCUT2D eigenvalue weighted by molar-refractivity contribution is -0.122. The topological polar surface area (TPSA) is 29.1 Å². The van der Waals surface area contributed by atoms with Gasteiger partial charge in [-0.3, -0.25) is 4.79 Å². The van der Waals surface area contributed by atoms with Crippen LogP contribution in [0, 0.1) is 11.8 Å². The number of hydrogen-bond donors (Lipinski definition) is 1. The maximum absolute atomic E-state index is 12.0. The van der Waals surface area contributed by atoms with Gasteiger partial charge in [-0.25, -0.2) is 0 Å². The molecule has 2 fully saturated rings. The molecule has 2 rings (SSSR count). The second-order valence-electron chi connectivity index (χ2n) is 6.43. The molecule has 110 valence electrons. The molecular weight excluding hydrogens is 302 g/mol. The molecule has 0 saturated heterocycles. The molecule has 2 atom stereocenters. The third-order valence-electron chi connectivity index (χ3n) is 4.83. The zero-order chi connectivity index (χ0) is 13.5. The molecule has 2 nitrogen and oxygen atoms in total. The second kappa shape index (κ2) is 8.28. The van der Waals surface area contributed by atoms with Crippen molar-refractivity contribution in [1.82, 2.24) is 5.32 Å². The molecule has 2 unspecified atom stereocenters. The van der Waals surface area contributed by atoms with Crippen LogP contribution >= 0.6 is 15.9 Å². The Bertz CT molecular complexity index is 274. The van der Waals surface area contributed by atoms with Crippen LogP contribution in [0.2, 0.25) is 0 Å². The molecule has 0 spiro atoms. The number of rotatable bonds is 4. The highest BCUT2D eigenvalue weighted by Crippen LogP contribution is 2.29. The number of hydrogen-bond acceptors (Lipinski definition) is 1. The van der Waals surface area contributed by atoms with Crippen molar-refractivity contribution in [1.29, 1.82) is 0 Å². The normalized spacial score (nSPS) is 29.7. The van der Waals surface area contributed by atoms with Crippen LogP contribution in [0.5, 0.6) is 0 Å². The van der Waals surface area contributed by atoms with Crippen LogP contribution in [0.3, 0.4) is 0 Å².